The van der Waals surface area contributed by atoms with E-state index < -0.39 is 11.4 Å². The Labute approximate surface area is 286 Å². The summed E-state index contributed by atoms with van der Waals surface area (Å²) in [7, 11) is 1.81. The summed E-state index contributed by atoms with van der Waals surface area (Å²) >= 11 is -1.72. The number of anilines is 1. The molecule has 48 heavy (non-hydrogen) atoms. The Kier molecular flexibility index (Phi) is 9.64. The molecule has 256 valence electrons. The van der Waals surface area contributed by atoms with Crippen LogP contribution < -0.4 is 9.46 Å². The van der Waals surface area contributed by atoms with E-state index in [9.17, 15) is 14.1 Å². The molecule has 0 radical (unpaired) electrons. The van der Waals surface area contributed by atoms with Crippen molar-refractivity contribution in [3.05, 3.63) is 65.2 Å². The summed E-state index contributed by atoms with van der Waals surface area (Å²) in [5.74, 6) is 0.764. The molecule has 1 N–H and O–H groups in total. The maximum absolute atomic E-state index is 14.5. The van der Waals surface area contributed by atoms with Gasteiger partial charge in [0, 0.05) is 42.4 Å². The number of carbonyl (C=O) groups is 2. The molecule has 2 heterocycles. The fourth-order valence-corrected chi connectivity index (χ4v) is 8.47. The van der Waals surface area contributed by atoms with Crippen molar-refractivity contribution in [3.8, 4) is 17.1 Å². The number of nitrogens with zero attached hydrogens (tertiary/aromatic N) is 4. The molecule has 0 saturated heterocycles. The van der Waals surface area contributed by atoms with Gasteiger partial charge < -0.3 is 23.8 Å². The Morgan fingerprint density at radius 1 is 1.08 bits per heavy atom. The highest BCUT2D eigenvalue weighted by molar-refractivity contribution is 7.92. The van der Waals surface area contributed by atoms with Crippen molar-refractivity contribution in [1.82, 2.24) is 19.8 Å². The van der Waals surface area contributed by atoms with Crippen LogP contribution in [-0.2, 0) is 16.1 Å². The largest absolute Gasteiger partial charge is 0.588 e. The minimum absolute atomic E-state index is 0.0160. The predicted molar refractivity (Wildman–Crippen MR) is 186 cm³/mol. The van der Waals surface area contributed by atoms with Gasteiger partial charge in [0.15, 0.2) is 4.90 Å². The molecule has 3 aliphatic rings. The van der Waals surface area contributed by atoms with Gasteiger partial charge in [0.2, 0.25) is 5.88 Å². The summed E-state index contributed by atoms with van der Waals surface area (Å²) in [6, 6.07) is 14.9. The van der Waals surface area contributed by atoms with Gasteiger partial charge in [-0.1, -0.05) is 38.1 Å². The molecule has 2 fully saturated rings. The molecule has 2 atom stereocenters. The van der Waals surface area contributed by atoms with Crippen LogP contribution in [0.25, 0.3) is 11.3 Å². The third-order valence-electron chi connectivity index (χ3n) is 9.95. The molecule has 2 aromatic carbocycles. The Balaban J connectivity index is 1.31. The molecular weight excluding hydrogens is 627 g/mol. The zero-order chi connectivity index (χ0) is 34.3. The van der Waals surface area contributed by atoms with Crippen molar-refractivity contribution in [2.45, 2.75) is 103 Å². The predicted octanol–water partition coefficient (Wildman–Crippen LogP) is 6.93. The van der Waals surface area contributed by atoms with Gasteiger partial charge in [0.05, 0.1) is 17.8 Å². The minimum atomic E-state index is -1.72. The van der Waals surface area contributed by atoms with Gasteiger partial charge in [-0.2, -0.15) is 9.71 Å². The summed E-state index contributed by atoms with van der Waals surface area (Å²) in [5, 5.41) is 0. The Hall–Kier alpha value is -3.83. The standard InChI is InChI=1S/C37H47N5O5S/c1-22(2)14-27-21-46-32-16-31(33-24(5)10-8-11-25(33)6)38-35(39-32)40-48(45)30-13-9-12-26(15-30)34(43)42(27)29-19-37(20-29)17-28(18-37)41(7)36(44)47-23(3)4/h8-13,15-16,22-23,27-29H,14,17-21H2,1-7H3,(H,38,39,40)/t27-,28-,29-,37?,48?/m1/s1. The van der Waals surface area contributed by atoms with Crippen LogP contribution in [0.2, 0.25) is 0 Å². The first-order chi connectivity index (χ1) is 22.8. The van der Waals surface area contributed by atoms with Crippen molar-refractivity contribution in [1.29, 1.82) is 0 Å². The third-order valence-corrected chi connectivity index (χ3v) is 11.0. The molecule has 1 spiro atoms. The van der Waals surface area contributed by atoms with Crippen LogP contribution in [-0.4, -0.2) is 74.2 Å². The lowest BCUT2D eigenvalue weighted by molar-refractivity contribution is -0.0985. The molecule has 3 aromatic rings. The number of amides is 2. The molecule has 4 bridgehead atoms. The highest BCUT2D eigenvalue weighted by Gasteiger charge is 2.57. The number of aryl methyl sites for hydroxylation is 2. The monoisotopic (exact) mass is 673 g/mol. The van der Waals surface area contributed by atoms with Crippen molar-refractivity contribution in [2.24, 2.45) is 11.3 Å². The van der Waals surface area contributed by atoms with E-state index in [1.807, 2.05) is 63.9 Å². The summed E-state index contributed by atoms with van der Waals surface area (Å²) in [6.45, 7) is 12.4. The molecular formula is C37H47N5O5S. The van der Waals surface area contributed by atoms with Crippen LogP contribution in [0.1, 0.15) is 81.3 Å². The van der Waals surface area contributed by atoms with Gasteiger partial charge in [0.1, 0.15) is 18.0 Å². The average molecular weight is 674 g/mol. The highest BCUT2D eigenvalue weighted by Crippen LogP contribution is 2.59. The zero-order valence-electron chi connectivity index (χ0n) is 29.0. The van der Waals surface area contributed by atoms with Crippen molar-refractivity contribution < 1.29 is 23.6 Å². The smallest absolute Gasteiger partial charge is 0.410 e. The van der Waals surface area contributed by atoms with Crippen molar-refractivity contribution >= 4 is 29.3 Å². The van der Waals surface area contributed by atoms with E-state index in [0.717, 1.165) is 48.8 Å². The van der Waals surface area contributed by atoms with Crippen LogP contribution >= 0.6 is 0 Å². The van der Waals surface area contributed by atoms with E-state index >= 15 is 0 Å². The molecule has 1 aliphatic heterocycles. The average Bonchev–Trinajstić information content (AvgIpc) is 2.98. The number of nitrogens with one attached hydrogen (secondary N) is 1. The van der Waals surface area contributed by atoms with Gasteiger partial charge in [-0.3, -0.25) is 4.79 Å². The topological polar surface area (TPSA) is 120 Å². The summed E-state index contributed by atoms with van der Waals surface area (Å²) < 4.78 is 28.4. The maximum Gasteiger partial charge on any atom is 0.410 e. The molecule has 11 heteroatoms. The molecule has 1 unspecified atom stereocenters. The lowest BCUT2D eigenvalue weighted by Gasteiger charge is -2.61. The molecule has 2 aliphatic carbocycles. The number of carbonyl (C=O) groups excluding carboxylic acids is 2. The van der Waals surface area contributed by atoms with E-state index in [4.69, 9.17) is 14.5 Å². The molecule has 2 saturated carbocycles. The third kappa shape index (κ3) is 6.98. The van der Waals surface area contributed by atoms with E-state index in [-0.39, 0.29) is 54.2 Å². The molecule has 10 nitrogen and oxygen atoms in total. The van der Waals surface area contributed by atoms with Crippen LogP contribution in [0.5, 0.6) is 5.88 Å². The fraction of sp³-hybridized carbons (Fsp3) is 0.514. The first kappa shape index (κ1) is 34.0. The van der Waals surface area contributed by atoms with Gasteiger partial charge >= 0.3 is 6.09 Å². The number of fused-ring (bicyclic) bond motifs is 4. The number of hydrogen-bond acceptors (Lipinski definition) is 8. The molecule has 1 aromatic heterocycles. The normalized spacial score (nSPS) is 25.2. The Morgan fingerprint density at radius 2 is 1.77 bits per heavy atom. The van der Waals surface area contributed by atoms with Gasteiger partial charge in [-0.05, 0) is 94.4 Å². The molecule has 6 rings (SSSR count). The second kappa shape index (κ2) is 13.6. The zero-order valence-corrected chi connectivity index (χ0v) is 29.8. The summed E-state index contributed by atoms with van der Waals surface area (Å²) in [5.41, 5.74) is 4.36. The number of ether oxygens (including phenoxy) is 2. The molecule has 2 amide bonds. The highest BCUT2D eigenvalue weighted by atomic mass is 32.2. The van der Waals surface area contributed by atoms with E-state index in [0.29, 0.717) is 28.0 Å². The first-order valence-corrected chi connectivity index (χ1v) is 18.1. The number of benzene rings is 2. The van der Waals surface area contributed by atoms with Gasteiger partial charge in [-0.15, -0.1) is 0 Å². The van der Waals surface area contributed by atoms with Crippen molar-refractivity contribution in [2.75, 3.05) is 18.4 Å². The lowest BCUT2D eigenvalue weighted by atomic mass is 9.51. The van der Waals surface area contributed by atoms with Crippen LogP contribution in [0.15, 0.2) is 53.4 Å². The van der Waals surface area contributed by atoms with E-state index in [2.05, 4.69) is 23.6 Å². The van der Waals surface area contributed by atoms with Crippen LogP contribution in [0.4, 0.5) is 10.7 Å². The second-order valence-electron chi connectivity index (χ2n) is 14.6. The van der Waals surface area contributed by atoms with Crippen molar-refractivity contribution in [3.63, 3.8) is 0 Å². The minimum Gasteiger partial charge on any atom is -0.588 e. The van der Waals surface area contributed by atoms with Gasteiger partial charge in [-0.25, -0.2) is 9.78 Å². The number of rotatable bonds is 6. The SMILES string of the molecule is Cc1cccc(C)c1-c1cc2nc(n1)N[S+]([O-])c1cccc(c1)C(=O)N([C@H]1CC3(C[C@H](N(C)C(=O)OC(C)C)C3)C1)[C@H](CC(C)C)CO2. The fourth-order valence-electron chi connectivity index (χ4n) is 7.66. The lowest BCUT2D eigenvalue weighted by Crippen LogP contribution is -2.64. The number of hydrogen-bond donors (Lipinski definition) is 1. The Morgan fingerprint density at radius 3 is 2.44 bits per heavy atom. The number of aromatic nitrogens is 2. The first-order valence-electron chi connectivity index (χ1n) is 17.0. The Bertz CT molecular complexity index is 1650. The van der Waals surface area contributed by atoms with Crippen LogP contribution in [0, 0.1) is 25.2 Å². The van der Waals surface area contributed by atoms with E-state index in [1.165, 1.54) is 0 Å². The quantitative estimate of drug-likeness (QED) is 0.280. The van der Waals surface area contributed by atoms with Gasteiger partial charge in [0.25, 0.3) is 11.9 Å². The van der Waals surface area contributed by atoms with Crippen LogP contribution in [0.3, 0.4) is 0 Å². The maximum atomic E-state index is 14.5. The van der Waals surface area contributed by atoms with E-state index in [1.54, 1.807) is 29.2 Å². The summed E-state index contributed by atoms with van der Waals surface area (Å²) in [4.78, 5) is 40.6. The second-order valence-corrected chi connectivity index (χ2v) is 15.8. The summed E-state index contributed by atoms with van der Waals surface area (Å²) in [6.07, 6.45) is 3.80.